The Labute approximate surface area is 278 Å². The van der Waals surface area contributed by atoms with Crippen LogP contribution >= 0.6 is 34.8 Å². The summed E-state index contributed by atoms with van der Waals surface area (Å²) in [6, 6.07) is 16.8. The topological polar surface area (TPSA) is 54.3 Å². The highest BCUT2D eigenvalue weighted by atomic mass is 35.5. The number of para-hydroxylation sites is 1. The molecule has 3 aromatic carbocycles. The number of nitrogens with one attached hydrogen (secondary N) is 1. The molecular formula is C36H37Cl3FN3O2. The summed E-state index contributed by atoms with van der Waals surface area (Å²) in [6.07, 6.45) is 8.67. The summed E-state index contributed by atoms with van der Waals surface area (Å²) in [4.78, 5) is 29.0. The van der Waals surface area contributed by atoms with Gasteiger partial charge in [0, 0.05) is 55.3 Å². The van der Waals surface area contributed by atoms with Gasteiger partial charge in [0.15, 0.2) is 5.78 Å². The molecule has 1 unspecified atom stereocenters. The minimum atomic E-state index is -0.502. The Morgan fingerprint density at radius 2 is 1.71 bits per heavy atom. The molecule has 6 rings (SSSR count). The van der Waals surface area contributed by atoms with E-state index in [0.717, 1.165) is 68.1 Å². The third-order valence-electron chi connectivity index (χ3n) is 9.56. The standard InChI is InChI=1S/C36H37Cl3FN3O2/c1-2-24-5-3-6-28-29(36(45)41-20-22-7-11-30(37)31(38)17-22)21-42(35(24)28)13-4-14-43-26-9-10-27(43)16-23(15-26)18-34(44)25-8-12-33(40)32(39)19-25/h3,5-8,11-12,17,19,21,23,26-27H,2,4,9-10,13-16,18,20H2,1H3,(H,41,45)/t23?,26-,27+. The van der Waals surface area contributed by atoms with Crippen LogP contribution in [0.4, 0.5) is 4.39 Å². The van der Waals surface area contributed by atoms with E-state index in [2.05, 4.69) is 27.8 Å². The molecule has 1 aromatic heterocycles. The number of fused-ring (bicyclic) bond motifs is 3. The van der Waals surface area contributed by atoms with Gasteiger partial charge in [0.1, 0.15) is 5.82 Å². The van der Waals surface area contributed by atoms with Crippen molar-refractivity contribution in [3.05, 3.63) is 104 Å². The highest BCUT2D eigenvalue weighted by Crippen LogP contribution is 2.40. The number of aryl methyl sites for hydroxylation is 2. The molecule has 45 heavy (non-hydrogen) atoms. The van der Waals surface area contributed by atoms with Gasteiger partial charge in [0.2, 0.25) is 0 Å². The van der Waals surface area contributed by atoms with E-state index < -0.39 is 5.82 Å². The number of hydrogen-bond donors (Lipinski definition) is 1. The molecule has 2 aliphatic heterocycles. The average molecular weight is 669 g/mol. The molecule has 2 bridgehead atoms. The van der Waals surface area contributed by atoms with Crippen molar-refractivity contribution in [3.8, 4) is 0 Å². The molecule has 236 valence electrons. The maximum absolute atomic E-state index is 13.6. The lowest BCUT2D eigenvalue weighted by Gasteiger charge is -2.39. The number of amides is 1. The molecule has 2 aliphatic rings. The normalized spacial score (nSPS) is 19.7. The summed E-state index contributed by atoms with van der Waals surface area (Å²) >= 11 is 18.1. The van der Waals surface area contributed by atoms with Crippen LogP contribution < -0.4 is 5.32 Å². The smallest absolute Gasteiger partial charge is 0.253 e. The molecule has 0 aliphatic carbocycles. The Morgan fingerprint density at radius 1 is 0.933 bits per heavy atom. The Balaban J connectivity index is 1.09. The number of aromatic nitrogens is 1. The highest BCUT2D eigenvalue weighted by Gasteiger charge is 2.40. The van der Waals surface area contributed by atoms with E-state index >= 15 is 0 Å². The van der Waals surface area contributed by atoms with Crippen molar-refractivity contribution in [1.82, 2.24) is 14.8 Å². The van der Waals surface area contributed by atoms with Gasteiger partial charge < -0.3 is 9.88 Å². The molecule has 3 heterocycles. The van der Waals surface area contributed by atoms with Crippen LogP contribution in [-0.2, 0) is 19.5 Å². The van der Waals surface area contributed by atoms with Crippen molar-refractivity contribution < 1.29 is 14.0 Å². The second-order valence-corrected chi connectivity index (χ2v) is 13.6. The second-order valence-electron chi connectivity index (χ2n) is 12.4. The highest BCUT2D eigenvalue weighted by molar-refractivity contribution is 6.42. The van der Waals surface area contributed by atoms with Crippen molar-refractivity contribution in [2.75, 3.05) is 6.54 Å². The molecule has 1 N–H and O–H groups in total. The van der Waals surface area contributed by atoms with E-state index in [1.165, 1.54) is 23.8 Å². The number of carbonyl (C=O) groups is 2. The van der Waals surface area contributed by atoms with Crippen LogP contribution in [0, 0.1) is 11.7 Å². The molecule has 2 saturated heterocycles. The summed E-state index contributed by atoms with van der Waals surface area (Å²) < 4.78 is 15.8. The van der Waals surface area contributed by atoms with E-state index in [1.807, 2.05) is 24.4 Å². The monoisotopic (exact) mass is 667 g/mol. The van der Waals surface area contributed by atoms with Gasteiger partial charge in [-0.15, -0.1) is 0 Å². The number of Topliss-reactive ketones (excluding diaryl/α,β-unsaturated/α-hetero) is 1. The molecule has 5 nitrogen and oxygen atoms in total. The first-order valence-corrected chi connectivity index (χ1v) is 16.9. The van der Waals surface area contributed by atoms with Gasteiger partial charge in [-0.1, -0.05) is 66.0 Å². The van der Waals surface area contributed by atoms with E-state index in [-0.39, 0.29) is 16.7 Å². The largest absolute Gasteiger partial charge is 0.348 e. The molecule has 2 fully saturated rings. The van der Waals surface area contributed by atoms with Crippen LogP contribution in [0.15, 0.2) is 60.8 Å². The summed E-state index contributed by atoms with van der Waals surface area (Å²) in [5.74, 6) is -0.244. The Kier molecular flexibility index (Phi) is 9.86. The minimum Gasteiger partial charge on any atom is -0.348 e. The van der Waals surface area contributed by atoms with Gasteiger partial charge in [-0.25, -0.2) is 4.39 Å². The van der Waals surface area contributed by atoms with E-state index in [0.29, 0.717) is 52.1 Å². The SMILES string of the molecule is CCc1cccc2c(C(=O)NCc3ccc(Cl)c(Cl)c3)cn(CCCN3[C@@H]4CC[C@H]3CC(CC(=O)c3ccc(F)c(Cl)c3)C4)c12. The summed E-state index contributed by atoms with van der Waals surface area (Å²) in [7, 11) is 0. The molecule has 3 atom stereocenters. The van der Waals surface area contributed by atoms with Crippen LogP contribution in [0.25, 0.3) is 10.9 Å². The fraction of sp³-hybridized carbons (Fsp3) is 0.389. The van der Waals surface area contributed by atoms with Crippen molar-refractivity contribution in [2.24, 2.45) is 5.92 Å². The van der Waals surface area contributed by atoms with E-state index in [9.17, 15) is 14.0 Å². The first-order valence-electron chi connectivity index (χ1n) is 15.8. The van der Waals surface area contributed by atoms with Crippen molar-refractivity contribution in [1.29, 1.82) is 0 Å². The van der Waals surface area contributed by atoms with Crippen LogP contribution in [0.2, 0.25) is 15.1 Å². The number of ketones is 1. The first kappa shape index (κ1) is 32.1. The zero-order valence-electron chi connectivity index (χ0n) is 25.3. The number of nitrogens with zero attached hydrogens (tertiary/aromatic N) is 2. The average Bonchev–Trinajstić information content (AvgIpc) is 3.52. The summed E-state index contributed by atoms with van der Waals surface area (Å²) in [5.41, 5.74) is 4.40. The quantitative estimate of drug-likeness (QED) is 0.162. The maximum Gasteiger partial charge on any atom is 0.253 e. The predicted molar refractivity (Wildman–Crippen MR) is 180 cm³/mol. The fourth-order valence-electron chi connectivity index (χ4n) is 7.40. The van der Waals surface area contributed by atoms with Gasteiger partial charge in [-0.05, 0) is 85.9 Å². The maximum atomic E-state index is 13.6. The lowest BCUT2D eigenvalue weighted by molar-refractivity contribution is 0.0807. The molecule has 0 radical (unpaired) electrons. The van der Waals surface area contributed by atoms with Crippen molar-refractivity contribution in [3.63, 3.8) is 0 Å². The first-order chi connectivity index (χ1) is 21.7. The second kappa shape index (κ2) is 13.8. The Morgan fingerprint density at radius 3 is 2.42 bits per heavy atom. The third-order valence-corrected chi connectivity index (χ3v) is 10.6. The third kappa shape index (κ3) is 6.95. The zero-order valence-corrected chi connectivity index (χ0v) is 27.6. The predicted octanol–water partition coefficient (Wildman–Crippen LogP) is 9.14. The molecule has 9 heteroatoms. The van der Waals surface area contributed by atoms with E-state index in [4.69, 9.17) is 34.8 Å². The Bertz CT molecular complexity index is 1720. The van der Waals surface area contributed by atoms with Gasteiger partial charge in [0.05, 0.1) is 26.1 Å². The Hall–Kier alpha value is -2.90. The molecule has 0 spiro atoms. The van der Waals surface area contributed by atoms with Gasteiger partial charge in [-0.3, -0.25) is 14.5 Å². The van der Waals surface area contributed by atoms with Gasteiger partial charge in [0.25, 0.3) is 5.91 Å². The lowest BCUT2D eigenvalue weighted by Crippen LogP contribution is -2.43. The van der Waals surface area contributed by atoms with Crippen LogP contribution in [0.1, 0.15) is 77.3 Å². The van der Waals surface area contributed by atoms with Crippen molar-refractivity contribution in [2.45, 2.75) is 77.0 Å². The number of benzene rings is 3. The minimum absolute atomic E-state index is 0.00619. The fourth-order valence-corrected chi connectivity index (χ4v) is 7.90. The van der Waals surface area contributed by atoms with Crippen LogP contribution in [0.5, 0.6) is 0 Å². The summed E-state index contributed by atoms with van der Waals surface area (Å²) in [6.45, 7) is 4.30. The van der Waals surface area contributed by atoms with Crippen molar-refractivity contribution >= 4 is 57.4 Å². The summed E-state index contributed by atoms with van der Waals surface area (Å²) in [5, 5.41) is 4.97. The molecule has 0 saturated carbocycles. The van der Waals surface area contributed by atoms with Crippen LogP contribution in [-0.4, -0.2) is 39.8 Å². The molecular weight excluding hydrogens is 632 g/mol. The lowest BCUT2D eigenvalue weighted by atomic mass is 9.85. The van der Waals surface area contributed by atoms with Gasteiger partial charge in [-0.2, -0.15) is 0 Å². The van der Waals surface area contributed by atoms with Crippen LogP contribution in [0.3, 0.4) is 0 Å². The molecule has 4 aromatic rings. The number of piperidine rings is 1. The number of rotatable bonds is 11. The van der Waals surface area contributed by atoms with E-state index in [1.54, 1.807) is 12.1 Å². The molecule has 1 amide bonds. The van der Waals surface area contributed by atoms with Gasteiger partial charge >= 0.3 is 0 Å². The number of halogens is 4. The number of carbonyl (C=O) groups excluding carboxylic acids is 2. The number of hydrogen-bond acceptors (Lipinski definition) is 3. The zero-order chi connectivity index (χ0) is 31.7.